The molecule has 0 amide bonds. The summed E-state index contributed by atoms with van der Waals surface area (Å²) in [5, 5.41) is 6.46. The molecule has 0 unspecified atom stereocenters. The molecule has 4 nitrogen and oxygen atoms in total. The first-order chi connectivity index (χ1) is 13.0. The van der Waals surface area contributed by atoms with Gasteiger partial charge in [-0.1, -0.05) is 12.1 Å². The van der Waals surface area contributed by atoms with E-state index in [0.717, 1.165) is 56.1 Å². The lowest BCUT2D eigenvalue weighted by Crippen LogP contribution is -2.38. The smallest absolute Gasteiger partial charge is 0.357 e. The van der Waals surface area contributed by atoms with Crippen LogP contribution in [-0.2, 0) is 12.6 Å². The van der Waals surface area contributed by atoms with Gasteiger partial charge in [0.1, 0.15) is 0 Å². The standard InChI is InChI=1S/C20H31F3N4/c1-2-24-19(25-12-3-4-14-27-15-5-6-16-27)26-13-11-17-7-9-18(10-8-17)20(21,22)23/h7-10H,2-6,11-16H2,1H3,(H2,24,25,26). The summed E-state index contributed by atoms with van der Waals surface area (Å²) in [7, 11) is 0. The number of halogens is 3. The summed E-state index contributed by atoms with van der Waals surface area (Å²) in [4.78, 5) is 7.09. The number of aliphatic imine (C=N–C) groups is 1. The molecule has 1 aromatic rings. The second-order valence-corrected chi connectivity index (χ2v) is 6.89. The average molecular weight is 384 g/mol. The lowest BCUT2D eigenvalue weighted by atomic mass is 10.1. The van der Waals surface area contributed by atoms with E-state index in [1.165, 1.54) is 38.1 Å². The van der Waals surface area contributed by atoms with E-state index < -0.39 is 11.7 Å². The zero-order chi connectivity index (χ0) is 19.5. The predicted octanol–water partition coefficient (Wildman–Crippen LogP) is 3.68. The van der Waals surface area contributed by atoms with Crippen molar-refractivity contribution in [1.29, 1.82) is 0 Å². The van der Waals surface area contributed by atoms with Gasteiger partial charge in [0.15, 0.2) is 5.96 Å². The summed E-state index contributed by atoms with van der Waals surface area (Å²) < 4.78 is 37.8. The number of alkyl halides is 3. The fraction of sp³-hybridized carbons (Fsp3) is 0.650. The van der Waals surface area contributed by atoms with E-state index in [9.17, 15) is 13.2 Å². The quantitative estimate of drug-likeness (QED) is 0.388. The number of benzene rings is 1. The number of hydrogen-bond donors (Lipinski definition) is 2. The zero-order valence-corrected chi connectivity index (χ0v) is 16.1. The SMILES string of the molecule is CCNC(=NCCCCN1CCCC1)NCCc1ccc(C(F)(F)F)cc1. The van der Waals surface area contributed by atoms with E-state index in [0.29, 0.717) is 13.0 Å². The number of guanidine groups is 1. The van der Waals surface area contributed by atoms with E-state index in [-0.39, 0.29) is 0 Å². The van der Waals surface area contributed by atoms with Gasteiger partial charge in [-0.05, 0) is 76.4 Å². The minimum absolute atomic E-state index is 0.608. The highest BCUT2D eigenvalue weighted by Crippen LogP contribution is 2.29. The van der Waals surface area contributed by atoms with Gasteiger partial charge in [-0.15, -0.1) is 0 Å². The van der Waals surface area contributed by atoms with Crippen LogP contribution in [0, 0.1) is 0 Å². The molecule has 152 valence electrons. The molecular weight excluding hydrogens is 353 g/mol. The lowest BCUT2D eigenvalue weighted by molar-refractivity contribution is -0.137. The van der Waals surface area contributed by atoms with Crippen LogP contribution in [0.2, 0.25) is 0 Å². The second-order valence-electron chi connectivity index (χ2n) is 6.89. The lowest BCUT2D eigenvalue weighted by Gasteiger charge is -2.14. The number of nitrogens with zero attached hydrogens (tertiary/aromatic N) is 2. The normalized spacial score (nSPS) is 15.9. The Morgan fingerprint density at radius 2 is 1.78 bits per heavy atom. The number of hydrogen-bond acceptors (Lipinski definition) is 2. The molecule has 0 atom stereocenters. The molecule has 0 aromatic heterocycles. The molecule has 0 radical (unpaired) electrons. The Balaban J connectivity index is 1.68. The summed E-state index contributed by atoms with van der Waals surface area (Å²) >= 11 is 0. The van der Waals surface area contributed by atoms with Gasteiger partial charge in [0.2, 0.25) is 0 Å². The molecule has 0 saturated carbocycles. The van der Waals surface area contributed by atoms with Crippen LogP contribution in [0.15, 0.2) is 29.3 Å². The third kappa shape index (κ3) is 8.20. The fourth-order valence-electron chi connectivity index (χ4n) is 3.17. The van der Waals surface area contributed by atoms with Gasteiger partial charge in [0.05, 0.1) is 5.56 Å². The summed E-state index contributed by atoms with van der Waals surface area (Å²) in [6.45, 7) is 7.83. The molecule has 1 aliphatic rings. The molecular formula is C20H31F3N4. The minimum Gasteiger partial charge on any atom is -0.357 e. The van der Waals surface area contributed by atoms with Crippen molar-refractivity contribution < 1.29 is 13.2 Å². The van der Waals surface area contributed by atoms with Crippen molar-refractivity contribution >= 4 is 5.96 Å². The monoisotopic (exact) mass is 384 g/mol. The summed E-state index contributed by atoms with van der Waals surface area (Å²) in [6, 6.07) is 5.34. The van der Waals surface area contributed by atoms with Crippen LogP contribution in [0.3, 0.4) is 0 Å². The molecule has 27 heavy (non-hydrogen) atoms. The minimum atomic E-state index is -4.28. The van der Waals surface area contributed by atoms with Crippen LogP contribution < -0.4 is 10.6 Å². The highest BCUT2D eigenvalue weighted by Gasteiger charge is 2.29. The molecule has 2 N–H and O–H groups in total. The van der Waals surface area contributed by atoms with Crippen molar-refractivity contribution in [2.24, 2.45) is 4.99 Å². The molecule has 1 fully saturated rings. The molecule has 0 spiro atoms. The number of nitrogens with one attached hydrogen (secondary N) is 2. The van der Waals surface area contributed by atoms with Crippen LogP contribution in [0.1, 0.15) is 43.7 Å². The largest absolute Gasteiger partial charge is 0.416 e. The maximum Gasteiger partial charge on any atom is 0.416 e. The van der Waals surface area contributed by atoms with Gasteiger partial charge >= 0.3 is 6.18 Å². The Morgan fingerprint density at radius 1 is 1.07 bits per heavy atom. The molecule has 0 bridgehead atoms. The van der Waals surface area contributed by atoms with Gasteiger partial charge in [0.25, 0.3) is 0 Å². The highest BCUT2D eigenvalue weighted by molar-refractivity contribution is 5.79. The molecule has 1 saturated heterocycles. The fourth-order valence-corrected chi connectivity index (χ4v) is 3.17. The van der Waals surface area contributed by atoms with Gasteiger partial charge in [0, 0.05) is 19.6 Å². The van der Waals surface area contributed by atoms with E-state index in [2.05, 4.69) is 20.5 Å². The molecule has 2 rings (SSSR count). The van der Waals surface area contributed by atoms with Crippen LogP contribution in [0.5, 0.6) is 0 Å². The van der Waals surface area contributed by atoms with Crippen LogP contribution in [0.25, 0.3) is 0 Å². The van der Waals surface area contributed by atoms with Gasteiger partial charge < -0.3 is 15.5 Å². The predicted molar refractivity (Wildman–Crippen MR) is 104 cm³/mol. The molecule has 1 aromatic carbocycles. The van der Waals surface area contributed by atoms with E-state index in [1.807, 2.05) is 6.92 Å². The molecule has 1 heterocycles. The van der Waals surface area contributed by atoms with Gasteiger partial charge in [-0.3, -0.25) is 4.99 Å². The summed E-state index contributed by atoms with van der Waals surface area (Å²) in [5.41, 5.74) is 0.264. The van der Waals surface area contributed by atoms with Crippen molar-refractivity contribution in [3.63, 3.8) is 0 Å². The first-order valence-electron chi connectivity index (χ1n) is 9.89. The first kappa shape index (κ1) is 21.5. The Labute approximate surface area is 160 Å². The topological polar surface area (TPSA) is 39.7 Å². The van der Waals surface area contributed by atoms with E-state index >= 15 is 0 Å². The van der Waals surface area contributed by atoms with Crippen molar-refractivity contribution in [1.82, 2.24) is 15.5 Å². The Kier molecular flexibility index (Phi) is 8.91. The third-order valence-corrected chi connectivity index (χ3v) is 4.68. The summed E-state index contributed by atoms with van der Waals surface area (Å²) in [6.07, 6.45) is 1.24. The van der Waals surface area contributed by atoms with Crippen molar-refractivity contribution in [3.05, 3.63) is 35.4 Å². The van der Waals surface area contributed by atoms with Crippen LogP contribution in [-0.4, -0.2) is 50.1 Å². The number of likely N-dealkylation sites (tertiary alicyclic amines) is 1. The summed E-state index contributed by atoms with van der Waals surface area (Å²) in [5.74, 6) is 0.769. The highest BCUT2D eigenvalue weighted by atomic mass is 19.4. The van der Waals surface area contributed by atoms with E-state index in [1.54, 1.807) is 0 Å². The first-order valence-corrected chi connectivity index (χ1v) is 9.89. The Hall–Kier alpha value is -1.76. The number of rotatable bonds is 9. The second kappa shape index (κ2) is 11.2. The van der Waals surface area contributed by atoms with Crippen molar-refractivity contribution in [2.75, 3.05) is 39.3 Å². The Bertz CT molecular complexity index is 564. The molecule has 0 aliphatic carbocycles. The van der Waals surface area contributed by atoms with Crippen LogP contribution in [0.4, 0.5) is 13.2 Å². The van der Waals surface area contributed by atoms with Crippen molar-refractivity contribution in [3.8, 4) is 0 Å². The maximum absolute atomic E-state index is 12.6. The maximum atomic E-state index is 12.6. The average Bonchev–Trinajstić information content (AvgIpc) is 3.14. The third-order valence-electron chi connectivity index (χ3n) is 4.68. The van der Waals surface area contributed by atoms with Gasteiger partial charge in [-0.25, -0.2) is 0 Å². The van der Waals surface area contributed by atoms with Crippen molar-refractivity contribution in [2.45, 2.75) is 45.2 Å². The molecule has 1 aliphatic heterocycles. The van der Waals surface area contributed by atoms with Gasteiger partial charge in [-0.2, -0.15) is 13.2 Å². The number of unbranched alkanes of at least 4 members (excludes halogenated alkanes) is 1. The van der Waals surface area contributed by atoms with Crippen LogP contribution >= 0.6 is 0 Å². The molecule has 7 heteroatoms. The Morgan fingerprint density at radius 3 is 2.41 bits per heavy atom. The van der Waals surface area contributed by atoms with E-state index in [4.69, 9.17) is 0 Å². The zero-order valence-electron chi connectivity index (χ0n) is 16.1.